The van der Waals surface area contributed by atoms with Crippen molar-refractivity contribution in [2.45, 2.75) is 49.7 Å². The normalized spacial score (nSPS) is 23.1. The average molecular weight is 613 g/mol. The van der Waals surface area contributed by atoms with Crippen LogP contribution in [0.15, 0.2) is 60.8 Å². The lowest BCUT2D eigenvalue weighted by Crippen LogP contribution is -2.51. The highest BCUT2D eigenvalue weighted by atomic mass is 19.1. The van der Waals surface area contributed by atoms with Crippen LogP contribution in [0.2, 0.25) is 0 Å². The number of fused-ring (bicyclic) bond motifs is 7. The molecule has 3 aromatic carbocycles. The van der Waals surface area contributed by atoms with Crippen molar-refractivity contribution >= 4 is 33.2 Å². The number of benzene rings is 3. The lowest BCUT2D eigenvalue weighted by Gasteiger charge is -2.35. The molecule has 0 radical (unpaired) electrons. The van der Waals surface area contributed by atoms with E-state index < -0.39 is 5.82 Å². The van der Waals surface area contributed by atoms with Crippen LogP contribution in [0.25, 0.3) is 32.9 Å². The maximum Gasteiger partial charge on any atom is 0.319 e. The third-order valence-electron chi connectivity index (χ3n) is 10.4. The van der Waals surface area contributed by atoms with Crippen LogP contribution in [-0.4, -0.2) is 63.9 Å². The van der Waals surface area contributed by atoms with Gasteiger partial charge in [-0.15, -0.1) is 6.42 Å². The van der Waals surface area contributed by atoms with E-state index in [9.17, 15) is 5.11 Å². The summed E-state index contributed by atoms with van der Waals surface area (Å²) in [7, 11) is 0. The number of aromatic hydroxyl groups is 1. The lowest BCUT2D eigenvalue weighted by molar-refractivity contribution is 0.209. The molecule has 3 saturated heterocycles. The Labute approximate surface area is 266 Å². The van der Waals surface area contributed by atoms with Crippen molar-refractivity contribution in [3.05, 3.63) is 77.7 Å². The van der Waals surface area contributed by atoms with Crippen LogP contribution in [0.1, 0.15) is 36.8 Å². The lowest BCUT2D eigenvalue weighted by atomic mass is 9.93. The molecule has 9 heteroatoms. The van der Waals surface area contributed by atoms with Gasteiger partial charge in [-0.1, -0.05) is 36.3 Å². The summed E-state index contributed by atoms with van der Waals surface area (Å²) in [4.78, 5) is 19.0. The smallest absolute Gasteiger partial charge is 0.319 e. The Hall–Kier alpha value is -4.94. The number of ether oxygens (including phenoxy) is 1. The van der Waals surface area contributed by atoms with Crippen molar-refractivity contribution in [3.63, 3.8) is 0 Å². The molecule has 0 aliphatic carbocycles. The summed E-state index contributed by atoms with van der Waals surface area (Å²) in [5.74, 6) is 2.74. The molecule has 0 saturated carbocycles. The first-order valence-electron chi connectivity index (χ1n) is 16.1. The van der Waals surface area contributed by atoms with Gasteiger partial charge in [0.25, 0.3) is 0 Å². The summed E-state index contributed by atoms with van der Waals surface area (Å²) >= 11 is 0. The Balaban J connectivity index is 1.17. The van der Waals surface area contributed by atoms with Gasteiger partial charge < -0.3 is 25.0 Å². The molecular weight excluding hydrogens is 579 g/mol. The first-order valence-corrected chi connectivity index (χ1v) is 16.1. The largest absolute Gasteiger partial charge is 0.508 e. The number of hydrogen-bond donors (Lipinski definition) is 2. The molecule has 5 aromatic rings. The van der Waals surface area contributed by atoms with Crippen molar-refractivity contribution in [2.75, 3.05) is 36.0 Å². The van der Waals surface area contributed by atoms with E-state index in [0.29, 0.717) is 51.8 Å². The third kappa shape index (κ3) is 4.20. The third-order valence-corrected chi connectivity index (χ3v) is 10.4. The van der Waals surface area contributed by atoms with Crippen molar-refractivity contribution < 1.29 is 14.2 Å². The van der Waals surface area contributed by atoms with Gasteiger partial charge in [0.05, 0.1) is 10.9 Å². The van der Waals surface area contributed by atoms with E-state index in [1.807, 2.05) is 12.1 Å². The predicted molar refractivity (Wildman–Crippen MR) is 177 cm³/mol. The van der Waals surface area contributed by atoms with Crippen molar-refractivity contribution in [1.29, 1.82) is 0 Å². The molecule has 8 nitrogen and oxygen atoms in total. The minimum atomic E-state index is -0.600. The molecule has 0 spiro atoms. The highest BCUT2D eigenvalue weighted by molar-refractivity contribution is 6.02. The fourth-order valence-electron chi connectivity index (χ4n) is 8.38. The molecule has 3 unspecified atom stereocenters. The standard InChI is InChI=1S/C37H33FN6O2/c1-2-22-8-5-9-23-15-27(45)16-28(31(22)23)33-32(38)34-29(18-39-33)35(43-19-25-11-12-26(20-43)40-25)42-36(41-34)46-21-37-13-6-14-44(37)30-10-4-3-7-24(30)17-37/h1,3-5,7-10,15-16,18,25-26,40,45H,6,11-14,17,19-21H2. The number of phenolic OH excluding ortho intramolecular Hbond substituents is 1. The zero-order chi connectivity index (χ0) is 31.0. The Morgan fingerprint density at radius 1 is 1.09 bits per heavy atom. The number of nitrogens with one attached hydrogen (secondary N) is 1. The summed E-state index contributed by atoms with van der Waals surface area (Å²) in [6.45, 7) is 2.92. The molecule has 2 aromatic heterocycles. The average Bonchev–Trinajstić information content (AvgIpc) is 3.73. The second kappa shape index (κ2) is 10.3. The molecule has 46 heavy (non-hydrogen) atoms. The van der Waals surface area contributed by atoms with Gasteiger partial charge in [0.1, 0.15) is 29.4 Å². The molecule has 2 N–H and O–H groups in total. The minimum Gasteiger partial charge on any atom is -0.508 e. The summed E-state index contributed by atoms with van der Waals surface area (Å²) in [6, 6.07) is 18.0. The number of para-hydroxylation sites is 1. The fraction of sp³-hybridized carbons (Fsp3) is 0.324. The maximum atomic E-state index is 16.9. The van der Waals surface area contributed by atoms with Gasteiger partial charge in [0.2, 0.25) is 0 Å². The van der Waals surface area contributed by atoms with Crippen LogP contribution in [0, 0.1) is 18.2 Å². The monoisotopic (exact) mass is 612 g/mol. The molecule has 4 aliphatic rings. The van der Waals surface area contributed by atoms with Gasteiger partial charge in [-0.05, 0) is 60.9 Å². The SMILES string of the molecule is C#Cc1cccc2cc(O)cc(-c3ncc4c(N5CC6CCC(C5)N6)nc(OCC56CCCN5c5ccccc5C6)nc4c3F)c12. The number of piperazine rings is 1. The molecular formula is C37H33FN6O2. The van der Waals surface area contributed by atoms with E-state index in [1.165, 1.54) is 17.3 Å². The van der Waals surface area contributed by atoms with Gasteiger partial charge in [0, 0.05) is 66.5 Å². The van der Waals surface area contributed by atoms with Crippen LogP contribution in [0.5, 0.6) is 11.8 Å². The number of hydrogen-bond acceptors (Lipinski definition) is 8. The second-order valence-corrected chi connectivity index (χ2v) is 13.2. The predicted octanol–water partition coefficient (Wildman–Crippen LogP) is 5.59. The van der Waals surface area contributed by atoms with E-state index in [4.69, 9.17) is 21.1 Å². The van der Waals surface area contributed by atoms with Gasteiger partial charge in [-0.25, -0.2) is 4.39 Å². The first kappa shape index (κ1) is 27.4. The minimum absolute atomic E-state index is 0.000377. The topological polar surface area (TPSA) is 86.6 Å². The van der Waals surface area contributed by atoms with E-state index >= 15 is 4.39 Å². The van der Waals surface area contributed by atoms with Gasteiger partial charge in [-0.3, -0.25) is 4.98 Å². The number of rotatable bonds is 5. The zero-order valence-electron chi connectivity index (χ0n) is 25.3. The summed E-state index contributed by atoms with van der Waals surface area (Å²) in [6.07, 6.45) is 12.7. The van der Waals surface area contributed by atoms with Crippen molar-refractivity contribution in [2.24, 2.45) is 0 Å². The molecule has 4 aliphatic heterocycles. The Morgan fingerprint density at radius 2 is 1.93 bits per heavy atom. The van der Waals surface area contributed by atoms with E-state index in [2.05, 4.69) is 50.3 Å². The molecule has 230 valence electrons. The zero-order valence-corrected chi connectivity index (χ0v) is 25.3. The van der Waals surface area contributed by atoms with E-state index in [1.54, 1.807) is 18.3 Å². The first-order chi connectivity index (χ1) is 22.5. The number of pyridine rings is 1. The quantitative estimate of drug-likeness (QED) is 0.249. The summed E-state index contributed by atoms with van der Waals surface area (Å²) < 4.78 is 23.4. The molecule has 6 heterocycles. The highest BCUT2D eigenvalue weighted by Crippen LogP contribution is 2.46. The number of anilines is 2. The number of phenols is 1. The van der Waals surface area contributed by atoms with E-state index in [0.717, 1.165) is 51.7 Å². The van der Waals surface area contributed by atoms with Crippen LogP contribution < -0.4 is 19.9 Å². The highest BCUT2D eigenvalue weighted by Gasteiger charge is 2.47. The summed E-state index contributed by atoms with van der Waals surface area (Å²) in [5, 5.41) is 16.2. The molecule has 3 fully saturated rings. The van der Waals surface area contributed by atoms with Crippen LogP contribution in [0.3, 0.4) is 0 Å². The van der Waals surface area contributed by atoms with Crippen LogP contribution in [0.4, 0.5) is 15.9 Å². The fourth-order valence-corrected chi connectivity index (χ4v) is 8.38. The maximum absolute atomic E-state index is 16.9. The van der Waals surface area contributed by atoms with Gasteiger partial charge >= 0.3 is 6.01 Å². The summed E-state index contributed by atoms with van der Waals surface area (Å²) in [5.41, 5.74) is 3.63. The van der Waals surface area contributed by atoms with E-state index in [-0.39, 0.29) is 28.5 Å². The number of aromatic nitrogens is 3. The number of nitrogens with zero attached hydrogens (tertiary/aromatic N) is 5. The molecule has 0 amide bonds. The Bertz CT molecular complexity index is 2080. The number of halogens is 1. The van der Waals surface area contributed by atoms with Crippen molar-refractivity contribution in [3.8, 4) is 35.4 Å². The number of terminal acetylenes is 1. The molecule has 2 bridgehead atoms. The van der Waals surface area contributed by atoms with Crippen LogP contribution in [-0.2, 0) is 6.42 Å². The van der Waals surface area contributed by atoms with Crippen LogP contribution >= 0.6 is 0 Å². The van der Waals surface area contributed by atoms with Crippen molar-refractivity contribution in [1.82, 2.24) is 20.3 Å². The van der Waals surface area contributed by atoms with Gasteiger partial charge in [0.15, 0.2) is 5.82 Å². The molecule has 9 rings (SSSR count). The second-order valence-electron chi connectivity index (χ2n) is 13.2. The Morgan fingerprint density at radius 3 is 2.78 bits per heavy atom. The molecule has 3 atom stereocenters. The Kier molecular flexibility index (Phi) is 6.13. The van der Waals surface area contributed by atoms with Gasteiger partial charge in [-0.2, -0.15) is 9.97 Å².